The van der Waals surface area contributed by atoms with Gasteiger partial charge in [-0.2, -0.15) is 0 Å². The van der Waals surface area contributed by atoms with Crippen LogP contribution >= 0.6 is 0 Å². The third kappa shape index (κ3) is 4.30. The number of benzene rings is 2. The van der Waals surface area contributed by atoms with Gasteiger partial charge in [-0.05, 0) is 29.9 Å². The second kappa shape index (κ2) is 9.22. The maximum Gasteiger partial charge on any atom is 0.326 e. The fraction of sp³-hybridized carbons (Fsp3) is 0.370. The van der Waals surface area contributed by atoms with Gasteiger partial charge in [-0.25, -0.2) is 9.78 Å². The highest BCUT2D eigenvalue weighted by molar-refractivity contribution is 5.87. The number of hydrogen-bond donors (Lipinski definition) is 2. The average molecular weight is 444 g/mol. The molecule has 1 aliphatic carbocycles. The zero-order valence-corrected chi connectivity index (χ0v) is 18.6. The third-order valence-electron chi connectivity index (χ3n) is 7.09. The molecule has 3 atom stereocenters. The number of rotatable bonds is 5. The first-order valence-corrected chi connectivity index (χ1v) is 11.8. The molecule has 6 nitrogen and oxygen atoms in total. The number of amides is 1. The van der Waals surface area contributed by atoms with Gasteiger partial charge in [0, 0.05) is 23.9 Å². The highest BCUT2D eigenvalue weighted by Gasteiger charge is 2.49. The van der Waals surface area contributed by atoms with Gasteiger partial charge >= 0.3 is 5.97 Å². The van der Waals surface area contributed by atoms with Crippen molar-refractivity contribution >= 4 is 28.5 Å². The van der Waals surface area contributed by atoms with E-state index in [2.05, 4.69) is 10.3 Å². The van der Waals surface area contributed by atoms with Crippen molar-refractivity contribution in [3.05, 3.63) is 72.4 Å². The van der Waals surface area contributed by atoms with Crippen molar-refractivity contribution in [2.24, 2.45) is 5.92 Å². The number of aliphatic carboxylic acids is 1. The van der Waals surface area contributed by atoms with Crippen LogP contribution in [-0.2, 0) is 9.59 Å². The molecule has 2 aliphatic rings. The summed E-state index contributed by atoms with van der Waals surface area (Å²) < 4.78 is 0. The molecule has 0 spiro atoms. The largest absolute Gasteiger partial charge is 0.480 e. The zero-order chi connectivity index (χ0) is 22.8. The molecule has 2 N–H and O–H groups in total. The van der Waals surface area contributed by atoms with Gasteiger partial charge in [-0.1, -0.05) is 73.9 Å². The number of carbonyl (C=O) groups excluding carboxylic acids is 1. The van der Waals surface area contributed by atoms with E-state index in [9.17, 15) is 14.7 Å². The fourth-order valence-electron chi connectivity index (χ4n) is 5.47. The van der Waals surface area contributed by atoms with Crippen LogP contribution in [0, 0.1) is 5.92 Å². The first-order valence-electron chi connectivity index (χ1n) is 11.8. The maximum atomic E-state index is 13.7. The molecule has 2 aromatic carbocycles. The molecule has 170 valence electrons. The van der Waals surface area contributed by atoms with Crippen LogP contribution in [0.3, 0.4) is 0 Å². The van der Waals surface area contributed by atoms with Gasteiger partial charge in [-0.15, -0.1) is 0 Å². The lowest BCUT2D eigenvalue weighted by atomic mass is 9.87. The molecule has 1 amide bonds. The molecule has 1 aromatic heterocycles. The summed E-state index contributed by atoms with van der Waals surface area (Å²) >= 11 is 0. The lowest BCUT2D eigenvalue weighted by Gasteiger charge is -2.34. The van der Waals surface area contributed by atoms with Gasteiger partial charge in [0.15, 0.2) is 0 Å². The Balaban J connectivity index is 1.51. The molecule has 2 fully saturated rings. The summed E-state index contributed by atoms with van der Waals surface area (Å²) in [7, 11) is 0. The fourth-order valence-corrected chi connectivity index (χ4v) is 5.47. The Hall–Kier alpha value is -3.41. The number of carboxylic acid groups (broad SMARTS) is 1. The highest BCUT2D eigenvalue weighted by Crippen LogP contribution is 2.41. The summed E-state index contributed by atoms with van der Waals surface area (Å²) in [6.07, 6.45) is 7.04. The first kappa shape index (κ1) is 21.4. The van der Waals surface area contributed by atoms with E-state index in [0.717, 1.165) is 48.4 Å². The van der Waals surface area contributed by atoms with E-state index in [4.69, 9.17) is 0 Å². The number of nitrogens with zero attached hydrogens (tertiary/aromatic N) is 2. The SMILES string of the molecule is O=C(O)C1CC(Nc2cc3ccccc3cn2)C(c2ccccc2)N1C(=O)C1CCCCC1. The molecule has 5 rings (SSSR count). The molecule has 6 heteroatoms. The summed E-state index contributed by atoms with van der Waals surface area (Å²) in [4.78, 5) is 32.2. The Kier molecular flexibility index (Phi) is 5.99. The van der Waals surface area contributed by atoms with Crippen LogP contribution < -0.4 is 5.32 Å². The molecule has 0 bridgehead atoms. The molecule has 3 unspecified atom stereocenters. The number of pyridine rings is 1. The number of fused-ring (bicyclic) bond motifs is 1. The van der Waals surface area contributed by atoms with Crippen molar-refractivity contribution in [1.29, 1.82) is 0 Å². The molecule has 2 heterocycles. The summed E-state index contributed by atoms with van der Waals surface area (Å²) in [6, 6.07) is 18.3. The minimum Gasteiger partial charge on any atom is -0.480 e. The van der Waals surface area contributed by atoms with Crippen LogP contribution in [0.1, 0.15) is 50.1 Å². The molecular formula is C27H29N3O3. The molecule has 1 saturated carbocycles. The van der Waals surface area contributed by atoms with Gasteiger partial charge in [0.25, 0.3) is 0 Å². The molecule has 33 heavy (non-hydrogen) atoms. The van der Waals surface area contributed by atoms with E-state index in [1.807, 2.05) is 66.9 Å². The number of hydrogen-bond acceptors (Lipinski definition) is 4. The van der Waals surface area contributed by atoms with Crippen molar-refractivity contribution < 1.29 is 14.7 Å². The summed E-state index contributed by atoms with van der Waals surface area (Å²) in [5.41, 5.74) is 0.948. The molecule has 1 aliphatic heterocycles. The van der Waals surface area contributed by atoms with E-state index in [1.165, 1.54) is 0 Å². The Bertz CT molecular complexity index is 1140. The van der Waals surface area contributed by atoms with Gasteiger partial charge < -0.3 is 15.3 Å². The highest BCUT2D eigenvalue weighted by atomic mass is 16.4. The predicted octanol–water partition coefficient (Wildman–Crippen LogP) is 5.02. The maximum absolute atomic E-state index is 13.7. The lowest BCUT2D eigenvalue weighted by Crippen LogP contribution is -2.45. The van der Waals surface area contributed by atoms with Gasteiger partial charge in [-0.3, -0.25) is 4.79 Å². The van der Waals surface area contributed by atoms with Crippen molar-refractivity contribution in [2.75, 3.05) is 5.32 Å². The minimum atomic E-state index is -0.948. The van der Waals surface area contributed by atoms with Crippen LogP contribution in [0.15, 0.2) is 66.9 Å². The van der Waals surface area contributed by atoms with E-state index < -0.39 is 12.0 Å². The van der Waals surface area contributed by atoms with Gasteiger partial charge in [0.2, 0.25) is 5.91 Å². The smallest absolute Gasteiger partial charge is 0.326 e. The van der Waals surface area contributed by atoms with Crippen molar-refractivity contribution in [3.8, 4) is 0 Å². The number of likely N-dealkylation sites (tertiary alicyclic amines) is 1. The van der Waals surface area contributed by atoms with Crippen LogP contribution in [0.2, 0.25) is 0 Å². The molecule has 1 saturated heterocycles. The summed E-state index contributed by atoms with van der Waals surface area (Å²) in [5.74, 6) is -0.373. The molecule has 0 radical (unpaired) electrons. The Morgan fingerprint density at radius 1 is 0.939 bits per heavy atom. The minimum absolute atomic E-state index is 0.0216. The second-order valence-electron chi connectivity index (χ2n) is 9.19. The van der Waals surface area contributed by atoms with Crippen LogP contribution in [0.25, 0.3) is 10.8 Å². The number of anilines is 1. The van der Waals surface area contributed by atoms with Crippen molar-refractivity contribution in [3.63, 3.8) is 0 Å². The number of carboxylic acids is 1. The van der Waals surface area contributed by atoms with E-state index in [0.29, 0.717) is 12.2 Å². The Morgan fingerprint density at radius 2 is 1.64 bits per heavy atom. The average Bonchev–Trinajstić information content (AvgIpc) is 3.24. The number of aromatic nitrogens is 1. The van der Waals surface area contributed by atoms with E-state index >= 15 is 0 Å². The zero-order valence-electron chi connectivity index (χ0n) is 18.6. The molecular weight excluding hydrogens is 414 g/mol. The van der Waals surface area contributed by atoms with Crippen molar-refractivity contribution in [1.82, 2.24) is 9.88 Å². The van der Waals surface area contributed by atoms with Gasteiger partial charge in [0.05, 0.1) is 12.1 Å². The van der Waals surface area contributed by atoms with Crippen LogP contribution in [0.5, 0.6) is 0 Å². The third-order valence-corrected chi connectivity index (χ3v) is 7.09. The monoisotopic (exact) mass is 443 g/mol. The van der Waals surface area contributed by atoms with Gasteiger partial charge in [0.1, 0.15) is 11.9 Å². The van der Waals surface area contributed by atoms with Crippen LogP contribution in [-0.4, -0.2) is 39.0 Å². The Morgan fingerprint density at radius 3 is 2.36 bits per heavy atom. The molecule has 3 aromatic rings. The predicted molar refractivity (Wildman–Crippen MR) is 128 cm³/mol. The Labute approximate surface area is 193 Å². The normalized spacial score (nSPS) is 23.5. The van der Waals surface area contributed by atoms with E-state index in [1.54, 1.807) is 4.90 Å². The lowest BCUT2D eigenvalue weighted by molar-refractivity contribution is -0.152. The number of nitrogens with one attached hydrogen (secondary N) is 1. The summed E-state index contributed by atoms with van der Waals surface area (Å²) in [5, 5.41) is 15.7. The topological polar surface area (TPSA) is 82.5 Å². The number of carbonyl (C=O) groups is 2. The van der Waals surface area contributed by atoms with E-state index in [-0.39, 0.29) is 23.9 Å². The summed E-state index contributed by atoms with van der Waals surface area (Å²) in [6.45, 7) is 0. The van der Waals surface area contributed by atoms with Crippen molar-refractivity contribution in [2.45, 2.75) is 56.7 Å². The standard InChI is InChI=1S/C27H29N3O3/c31-26(19-11-5-2-6-12-19)30-23(27(32)33)16-22(25(30)18-9-3-1-4-10-18)29-24-15-20-13-7-8-14-21(20)17-28-24/h1,3-4,7-10,13-15,17,19,22-23,25H,2,5-6,11-12,16H2,(H,28,29)(H,32,33). The quantitative estimate of drug-likeness (QED) is 0.578. The first-order chi connectivity index (χ1) is 16.1. The van der Waals surface area contributed by atoms with Crippen LogP contribution in [0.4, 0.5) is 5.82 Å². The second-order valence-corrected chi connectivity index (χ2v) is 9.19.